The Bertz CT molecular complexity index is 677. The second-order valence-electron chi connectivity index (χ2n) is 7.00. The van der Waals surface area contributed by atoms with Crippen molar-refractivity contribution in [1.82, 2.24) is 10.2 Å². The molecule has 3 rings (SSSR count). The van der Waals surface area contributed by atoms with Gasteiger partial charge in [-0.3, -0.25) is 9.59 Å². The Labute approximate surface area is 146 Å². The van der Waals surface area contributed by atoms with Crippen molar-refractivity contribution in [2.24, 2.45) is 0 Å². The Hall–Kier alpha value is -1.99. The van der Waals surface area contributed by atoms with Crippen molar-refractivity contribution in [3.05, 3.63) is 35.6 Å². The van der Waals surface area contributed by atoms with Gasteiger partial charge in [-0.15, -0.1) is 0 Å². The largest absolute Gasteiger partial charge is 0.385 e. The third kappa shape index (κ3) is 3.99. The van der Waals surface area contributed by atoms with Crippen molar-refractivity contribution in [3.63, 3.8) is 0 Å². The molecule has 1 atom stereocenters. The predicted octanol–water partition coefficient (Wildman–Crippen LogP) is 0.931. The van der Waals surface area contributed by atoms with Gasteiger partial charge in [0, 0.05) is 19.0 Å². The summed E-state index contributed by atoms with van der Waals surface area (Å²) in [6, 6.07) is 6.39. The van der Waals surface area contributed by atoms with E-state index in [1.807, 2.05) is 0 Å². The normalized spacial score (nSPS) is 25.2. The lowest BCUT2D eigenvalue weighted by Gasteiger charge is -2.30. The number of benzene rings is 1. The van der Waals surface area contributed by atoms with E-state index in [-0.39, 0.29) is 37.2 Å². The summed E-state index contributed by atoms with van der Waals surface area (Å²) in [5.41, 5.74) is -1.67. The highest BCUT2D eigenvalue weighted by atomic mass is 19.1. The zero-order valence-corrected chi connectivity index (χ0v) is 14.3. The number of carbonyl (C=O) groups excluding carboxylic acids is 2. The number of ether oxygens (including phenoxy) is 1. The van der Waals surface area contributed by atoms with Crippen molar-refractivity contribution in [3.8, 4) is 0 Å². The molecule has 0 bridgehead atoms. The minimum atomic E-state index is -1.45. The van der Waals surface area contributed by atoms with Crippen LogP contribution in [-0.4, -0.2) is 53.7 Å². The minimum absolute atomic E-state index is 0.0170. The van der Waals surface area contributed by atoms with Gasteiger partial charge in [-0.1, -0.05) is 18.2 Å². The summed E-state index contributed by atoms with van der Waals surface area (Å²) in [5.74, 6) is -0.897. The summed E-state index contributed by atoms with van der Waals surface area (Å²) in [6.45, 7) is 2.16. The first-order chi connectivity index (χ1) is 11.8. The average molecular weight is 350 g/mol. The van der Waals surface area contributed by atoms with Crippen LogP contribution in [0.4, 0.5) is 4.39 Å². The lowest BCUT2D eigenvalue weighted by Crippen LogP contribution is -2.50. The molecular weight excluding hydrogens is 327 g/mol. The standard InChI is InChI=1S/C18H23FN2O4/c1-13(22)21-8-9-25-12-17(24,11-21)10-16(23)20-18(6-7-18)14-4-2-3-5-15(14)19/h2-5,24H,6-12H2,1H3,(H,20,23). The topological polar surface area (TPSA) is 78.9 Å². The van der Waals surface area contributed by atoms with Gasteiger partial charge < -0.3 is 20.1 Å². The summed E-state index contributed by atoms with van der Waals surface area (Å²) >= 11 is 0. The quantitative estimate of drug-likeness (QED) is 0.847. The van der Waals surface area contributed by atoms with Crippen molar-refractivity contribution >= 4 is 11.8 Å². The van der Waals surface area contributed by atoms with Gasteiger partial charge in [0.25, 0.3) is 0 Å². The Morgan fingerprint density at radius 1 is 1.36 bits per heavy atom. The van der Waals surface area contributed by atoms with Gasteiger partial charge in [0.15, 0.2) is 0 Å². The monoisotopic (exact) mass is 350 g/mol. The fourth-order valence-corrected chi connectivity index (χ4v) is 3.34. The van der Waals surface area contributed by atoms with E-state index in [0.29, 0.717) is 31.6 Å². The van der Waals surface area contributed by atoms with Crippen LogP contribution >= 0.6 is 0 Å². The molecule has 1 unspecified atom stereocenters. The molecule has 0 radical (unpaired) electrons. The Morgan fingerprint density at radius 3 is 2.72 bits per heavy atom. The molecule has 6 nitrogen and oxygen atoms in total. The van der Waals surface area contributed by atoms with Gasteiger partial charge in [0.1, 0.15) is 11.4 Å². The van der Waals surface area contributed by atoms with Crippen LogP contribution in [0.5, 0.6) is 0 Å². The predicted molar refractivity (Wildman–Crippen MR) is 88.1 cm³/mol. The average Bonchev–Trinajstić information content (AvgIpc) is 3.32. The van der Waals surface area contributed by atoms with Crippen LogP contribution in [0.2, 0.25) is 0 Å². The molecule has 2 N–H and O–H groups in total. The van der Waals surface area contributed by atoms with E-state index in [1.54, 1.807) is 18.2 Å². The summed E-state index contributed by atoms with van der Waals surface area (Å²) in [7, 11) is 0. The zero-order valence-electron chi connectivity index (χ0n) is 14.3. The molecular formula is C18H23FN2O4. The number of carbonyl (C=O) groups is 2. The molecule has 1 saturated heterocycles. The maximum absolute atomic E-state index is 14.0. The number of nitrogens with zero attached hydrogens (tertiary/aromatic N) is 1. The van der Waals surface area contributed by atoms with E-state index in [0.717, 1.165) is 0 Å². The van der Waals surface area contributed by atoms with Gasteiger partial charge in [0.05, 0.1) is 31.7 Å². The lowest BCUT2D eigenvalue weighted by molar-refractivity contribution is -0.136. The third-order valence-corrected chi connectivity index (χ3v) is 4.81. The molecule has 2 aliphatic rings. The third-order valence-electron chi connectivity index (χ3n) is 4.81. The van der Waals surface area contributed by atoms with Crippen LogP contribution < -0.4 is 5.32 Å². The molecule has 0 aromatic heterocycles. The molecule has 1 aromatic rings. The van der Waals surface area contributed by atoms with Crippen LogP contribution in [0.25, 0.3) is 0 Å². The van der Waals surface area contributed by atoms with Crippen molar-refractivity contribution < 1.29 is 23.8 Å². The molecule has 7 heteroatoms. The van der Waals surface area contributed by atoms with Crippen LogP contribution in [-0.2, 0) is 19.9 Å². The van der Waals surface area contributed by atoms with E-state index >= 15 is 0 Å². The molecule has 1 saturated carbocycles. The van der Waals surface area contributed by atoms with E-state index < -0.39 is 11.1 Å². The fourth-order valence-electron chi connectivity index (χ4n) is 3.34. The fraction of sp³-hybridized carbons (Fsp3) is 0.556. The van der Waals surface area contributed by atoms with Crippen LogP contribution in [0.3, 0.4) is 0 Å². The summed E-state index contributed by atoms with van der Waals surface area (Å²) < 4.78 is 19.4. The van der Waals surface area contributed by atoms with Gasteiger partial charge >= 0.3 is 0 Å². The molecule has 2 amide bonds. The molecule has 1 aliphatic heterocycles. The molecule has 136 valence electrons. The van der Waals surface area contributed by atoms with Gasteiger partial charge in [-0.25, -0.2) is 4.39 Å². The van der Waals surface area contributed by atoms with Crippen LogP contribution in [0, 0.1) is 5.82 Å². The van der Waals surface area contributed by atoms with Crippen molar-refractivity contribution in [2.45, 2.75) is 37.3 Å². The highest BCUT2D eigenvalue weighted by molar-refractivity contribution is 5.79. The number of aliphatic hydroxyl groups is 1. The summed E-state index contributed by atoms with van der Waals surface area (Å²) in [5, 5.41) is 13.6. The van der Waals surface area contributed by atoms with Gasteiger partial charge in [0.2, 0.25) is 11.8 Å². The maximum Gasteiger partial charge on any atom is 0.223 e. The second kappa shape index (κ2) is 6.72. The lowest BCUT2D eigenvalue weighted by atomic mass is 9.98. The first kappa shape index (κ1) is 17.8. The highest BCUT2D eigenvalue weighted by Gasteiger charge is 2.48. The van der Waals surface area contributed by atoms with E-state index in [1.165, 1.54) is 17.9 Å². The number of halogens is 1. The summed E-state index contributed by atoms with van der Waals surface area (Å²) in [6.07, 6.45) is 1.12. The number of β-amino-alcohol motifs (C(OH)–C–C–N with tert-alkyl or cyclic N) is 1. The highest BCUT2D eigenvalue weighted by Crippen LogP contribution is 2.46. The first-order valence-corrected chi connectivity index (χ1v) is 8.45. The van der Waals surface area contributed by atoms with E-state index in [2.05, 4.69) is 5.32 Å². The number of amides is 2. The number of hydrogen-bond acceptors (Lipinski definition) is 4. The molecule has 1 aromatic carbocycles. The second-order valence-corrected chi connectivity index (χ2v) is 7.00. The zero-order chi connectivity index (χ0) is 18.1. The summed E-state index contributed by atoms with van der Waals surface area (Å²) in [4.78, 5) is 25.6. The maximum atomic E-state index is 14.0. The number of hydrogen-bond donors (Lipinski definition) is 2. The van der Waals surface area contributed by atoms with E-state index in [4.69, 9.17) is 4.74 Å². The molecule has 25 heavy (non-hydrogen) atoms. The first-order valence-electron chi connectivity index (χ1n) is 8.45. The molecule has 1 heterocycles. The van der Waals surface area contributed by atoms with Crippen LogP contribution in [0.15, 0.2) is 24.3 Å². The van der Waals surface area contributed by atoms with Crippen molar-refractivity contribution in [1.29, 1.82) is 0 Å². The Kier molecular flexibility index (Phi) is 4.79. The Balaban J connectivity index is 1.67. The smallest absolute Gasteiger partial charge is 0.223 e. The molecule has 0 spiro atoms. The minimum Gasteiger partial charge on any atom is -0.385 e. The Morgan fingerprint density at radius 2 is 2.08 bits per heavy atom. The van der Waals surface area contributed by atoms with Gasteiger partial charge in [-0.05, 0) is 18.9 Å². The number of rotatable bonds is 4. The van der Waals surface area contributed by atoms with Crippen molar-refractivity contribution in [2.75, 3.05) is 26.3 Å². The molecule has 2 fully saturated rings. The van der Waals surface area contributed by atoms with Gasteiger partial charge in [-0.2, -0.15) is 0 Å². The SMILES string of the molecule is CC(=O)N1CCOCC(O)(CC(=O)NC2(c3ccccc3F)CC2)C1. The van der Waals surface area contributed by atoms with E-state index in [9.17, 15) is 19.1 Å². The molecule has 1 aliphatic carbocycles. The number of nitrogens with one attached hydrogen (secondary N) is 1. The van der Waals surface area contributed by atoms with Crippen LogP contribution in [0.1, 0.15) is 31.7 Å².